The van der Waals surface area contributed by atoms with Crippen molar-refractivity contribution >= 4 is 101 Å². The fraction of sp³-hybridized carbons (Fsp3) is 0.136. The van der Waals surface area contributed by atoms with Crippen LogP contribution in [0.3, 0.4) is 0 Å². The first-order valence-electron chi connectivity index (χ1n) is 33.2. The molecule has 0 saturated heterocycles. The standard InChI is InChI=1S/C88H71BN4O2/c1-86(2,3)61-52-76-84-77(53-61)93(85-64(71-31-21-35-82(90-71)87(4,5)6)29-20-30-65(85)72-32-22-36-83(91-72)88(7,8)9)75-51-60(58-41-46-81-68(49-58)63-28-17-19-34-79(63)95-81)38-43-70(75)89(84)69-42-37-59(57-40-45-80-67(48-57)62-27-16-18-33-78(62)94-80)50-74(69)92(76)73-44-39-56(54-23-12-10-13-24-54)47-66(73)55-25-14-11-15-26-55/h10-53H,1-9H3. The first-order valence-corrected chi connectivity index (χ1v) is 33.2. The largest absolute Gasteiger partial charge is 0.456 e. The lowest BCUT2D eigenvalue weighted by atomic mass is 9.33. The molecule has 4 aromatic heterocycles. The van der Waals surface area contributed by atoms with Crippen molar-refractivity contribution in [3.63, 3.8) is 0 Å². The number of para-hydroxylation sites is 3. The molecule has 6 nitrogen and oxygen atoms in total. The van der Waals surface area contributed by atoms with E-state index in [0.717, 1.165) is 156 Å². The van der Waals surface area contributed by atoms with Gasteiger partial charge in [0.25, 0.3) is 6.71 Å². The van der Waals surface area contributed by atoms with Gasteiger partial charge in [-0.2, -0.15) is 0 Å². The second-order valence-electron chi connectivity index (χ2n) is 28.9. The molecule has 0 amide bonds. The van der Waals surface area contributed by atoms with Crippen LogP contribution in [0, 0.1) is 0 Å². The molecule has 15 aromatic rings. The van der Waals surface area contributed by atoms with Gasteiger partial charge >= 0.3 is 0 Å². The van der Waals surface area contributed by atoms with Crippen LogP contribution in [-0.2, 0) is 16.2 Å². The summed E-state index contributed by atoms with van der Waals surface area (Å²) in [5.74, 6) is 0. The van der Waals surface area contributed by atoms with E-state index in [2.05, 4.69) is 327 Å². The topological polar surface area (TPSA) is 58.5 Å². The minimum atomic E-state index is -0.318. The second kappa shape index (κ2) is 21.8. The van der Waals surface area contributed by atoms with Crippen molar-refractivity contribution in [3.05, 3.63) is 284 Å². The number of fused-ring (bicyclic) bond motifs is 10. The van der Waals surface area contributed by atoms with E-state index >= 15 is 0 Å². The number of nitrogens with zero attached hydrogens (tertiary/aromatic N) is 4. The maximum atomic E-state index is 6.47. The van der Waals surface area contributed by atoms with Gasteiger partial charge < -0.3 is 18.6 Å². The Kier molecular flexibility index (Phi) is 13.3. The molecular formula is C88H71BN4O2. The molecular weight excluding hydrogens is 1160 g/mol. The molecule has 0 N–H and O–H groups in total. The third-order valence-electron chi connectivity index (χ3n) is 19.6. The van der Waals surface area contributed by atoms with Gasteiger partial charge in [0.1, 0.15) is 22.3 Å². The lowest BCUT2D eigenvalue weighted by molar-refractivity contribution is 0.569. The molecule has 6 heterocycles. The Bertz CT molecular complexity index is 5510. The zero-order chi connectivity index (χ0) is 64.6. The van der Waals surface area contributed by atoms with Crippen LogP contribution in [0.25, 0.3) is 111 Å². The van der Waals surface area contributed by atoms with Crippen LogP contribution in [0.4, 0.5) is 34.1 Å². The van der Waals surface area contributed by atoms with Gasteiger partial charge in [0.2, 0.25) is 0 Å². The summed E-state index contributed by atoms with van der Waals surface area (Å²) in [5.41, 5.74) is 28.9. The summed E-state index contributed by atoms with van der Waals surface area (Å²) in [4.78, 5) is 16.5. The van der Waals surface area contributed by atoms with Crippen molar-refractivity contribution < 1.29 is 8.83 Å². The molecule has 17 rings (SSSR count). The summed E-state index contributed by atoms with van der Waals surface area (Å²) in [6.07, 6.45) is 0. The highest BCUT2D eigenvalue weighted by Crippen LogP contribution is 2.53. The number of aromatic nitrogens is 2. The van der Waals surface area contributed by atoms with Gasteiger partial charge in [-0.15, -0.1) is 0 Å². The van der Waals surface area contributed by atoms with Crippen LogP contribution in [0.2, 0.25) is 0 Å². The van der Waals surface area contributed by atoms with Crippen molar-refractivity contribution in [3.8, 4) is 67.0 Å². The van der Waals surface area contributed by atoms with E-state index in [9.17, 15) is 0 Å². The van der Waals surface area contributed by atoms with Gasteiger partial charge in [0.15, 0.2) is 0 Å². The molecule has 458 valence electrons. The van der Waals surface area contributed by atoms with Gasteiger partial charge in [-0.1, -0.05) is 232 Å². The van der Waals surface area contributed by atoms with Crippen molar-refractivity contribution in [2.75, 3.05) is 9.80 Å². The van der Waals surface area contributed by atoms with Crippen LogP contribution in [-0.4, -0.2) is 16.7 Å². The zero-order valence-electron chi connectivity index (χ0n) is 55.1. The molecule has 0 atom stereocenters. The number of anilines is 6. The van der Waals surface area contributed by atoms with E-state index in [0.29, 0.717) is 0 Å². The van der Waals surface area contributed by atoms with Crippen molar-refractivity contribution in [1.82, 2.24) is 9.97 Å². The fourth-order valence-corrected chi connectivity index (χ4v) is 14.7. The molecule has 11 aromatic carbocycles. The quantitative estimate of drug-likeness (QED) is 0.141. The summed E-state index contributed by atoms with van der Waals surface area (Å²) in [6, 6.07) is 98.3. The smallest absolute Gasteiger partial charge is 0.252 e. The molecule has 0 unspecified atom stereocenters. The van der Waals surface area contributed by atoms with Crippen LogP contribution < -0.4 is 26.2 Å². The molecule has 2 aliphatic rings. The Labute approximate surface area is 555 Å². The third kappa shape index (κ3) is 9.77. The van der Waals surface area contributed by atoms with E-state index in [1.807, 2.05) is 12.1 Å². The van der Waals surface area contributed by atoms with E-state index in [1.165, 1.54) is 22.0 Å². The number of rotatable bonds is 8. The molecule has 95 heavy (non-hydrogen) atoms. The molecule has 0 fully saturated rings. The summed E-state index contributed by atoms with van der Waals surface area (Å²) in [7, 11) is 0. The predicted molar refractivity (Wildman–Crippen MR) is 399 cm³/mol. The third-order valence-corrected chi connectivity index (χ3v) is 19.6. The summed E-state index contributed by atoms with van der Waals surface area (Å²) in [5, 5.41) is 4.38. The predicted octanol–water partition coefficient (Wildman–Crippen LogP) is 22.3. The number of hydrogen-bond donors (Lipinski definition) is 0. The maximum absolute atomic E-state index is 6.47. The van der Waals surface area contributed by atoms with Gasteiger partial charge in [0.05, 0.1) is 22.8 Å². The van der Waals surface area contributed by atoms with Crippen LogP contribution >= 0.6 is 0 Å². The highest BCUT2D eigenvalue weighted by molar-refractivity contribution is 7.00. The Balaban J connectivity index is 1.00. The Morgan fingerprint density at radius 1 is 0.295 bits per heavy atom. The SMILES string of the molecule is CC(C)(C)c1cc2c3c(c1)N(c1c(-c4cccc(C(C)(C)C)n4)cccc1-c1cccc(C(C)(C)C)n1)c1cc(-c4ccc5oc6ccccc6c5c4)ccc1B3c1ccc(-c3ccc4oc5ccccc5c4c3)cc1N2c1ccc(-c2ccccc2)cc1-c1ccccc1. The van der Waals surface area contributed by atoms with Crippen LogP contribution in [0.1, 0.15) is 79.3 Å². The van der Waals surface area contributed by atoms with E-state index in [-0.39, 0.29) is 23.0 Å². The van der Waals surface area contributed by atoms with Crippen molar-refractivity contribution in [2.45, 2.75) is 78.6 Å². The lowest BCUT2D eigenvalue weighted by Crippen LogP contribution is -2.61. The number of pyridine rings is 2. The van der Waals surface area contributed by atoms with E-state index in [4.69, 9.17) is 18.8 Å². The molecule has 0 spiro atoms. The van der Waals surface area contributed by atoms with Crippen molar-refractivity contribution in [2.24, 2.45) is 0 Å². The fourth-order valence-electron chi connectivity index (χ4n) is 14.7. The minimum absolute atomic E-state index is 0.216. The van der Waals surface area contributed by atoms with Gasteiger partial charge in [-0.25, -0.2) is 0 Å². The minimum Gasteiger partial charge on any atom is -0.456 e. The molecule has 0 aliphatic carbocycles. The first kappa shape index (κ1) is 57.9. The number of benzene rings is 11. The van der Waals surface area contributed by atoms with E-state index < -0.39 is 0 Å². The zero-order valence-corrected chi connectivity index (χ0v) is 55.1. The van der Waals surface area contributed by atoms with Crippen molar-refractivity contribution in [1.29, 1.82) is 0 Å². The number of furan rings is 2. The number of hydrogen-bond acceptors (Lipinski definition) is 6. The highest BCUT2D eigenvalue weighted by Gasteiger charge is 2.46. The van der Waals surface area contributed by atoms with Crippen LogP contribution in [0.15, 0.2) is 276 Å². The Hall–Kier alpha value is -11.0. The molecule has 0 bridgehead atoms. The molecule has 7 heteroatoms. The molecule has 2 aliphatic heterocycles. The van der Waals surface area contributed by atoms with E-state index in [1.54, 1.807) is 0 Å². The summed E-state index contributed by atoms with van der Waals surface area (Å²) in [6.45, 7) is 20.3. The maximum Gasteiger partial charge on any atom is 0.252 e. The summed E-state index contributed by atoms with van der Waals surface area (Å²) >= 11 is 0. The Morgan fingerprint density at radius 3 is 1.25 bits per heavy atom. The highest BCUT2D eigenvalue weighted by atomic mass is 16.3. The second-order valence-corrected chi connectivity index (χ2v) is 28.9. The average Bonchev–Trinajstić information content (AvgIpc) is 1.24. The first-order chi connectivity index (χ1) is 46.0. The molecule has 0 saturated carbocycles. The lowest BCUT2D eigenvalue weighted by Gasteiger charge is -2.46. The normalized spacial score (nSPS) is 13.0. The summed E-state index contributed by atoms with van der Waals surface area (Å²) < 4.78 is 12.9. The van der Waals surface area contributed by atoms with Gasteiger partial charge in [-0.3, -0.25) is 9.97 Å². The van der Waals surface area contributed by atoms with Gasteiger partial charge in [0, 0.05) is 83.2 Å². The average molecular weight is 1230 g/mol. The van der Waals surface area contributed by atoms with Gasteiger partial charge in [-0.05, 0) is 163 Å². The monoisotopic (exact) mass is 1230 g/mol. The molecule has 0 radical (unpaired) electrons. The Morgan fingerprint density at radius 2 is 0.726 bits per heavy atom. The van der Waals surface area contributed by atoms with Crippen LogP contribution in [0.5, 0.6) is 0 Å².